The number of nitrogens with zero attached hydrogens (tertiary/aromatic N) is 2. The first kappa shape index (κ1) is 29.0. The highest BCUT2D eigenvalue weighted by molar-refractivity contribution is 6.25. The van der Waals surface area contributed by atoms with Gasteiger partial charge in [-0.15, -0.1) is 0 Å². The van der Waals surface area contributed by atoms with Gasteiger partial charge in [0.2, 0.25) is 0 Å². The Hall–Kier alpha value is -5.80. The third-order valence-corrected chi connectivity index (χ3v) is 12.1. The van der Waals surface area contributed by atoms with E-state index in [1.807, 2.05) is 6.07 Å². The van der Waals surface area contributed by atoms with Crippen LogP contribution < -0.4 is 0 Å². The van der Waals surface area contributed by atoms with Crippen LogP contribution in [-0.2, 0) is 10.8 Å². The summed E-state index contributed by atoms with van der Waals surface area (Å²) < 4.78 is 11.4. The van der Waals surface area contributed by atoms with E-state index >= 15 is 0 Å². The number of para-hydroxylation sites is 2. The van der Waals surface area contributed by atoms with Crippen LogP contribution in [-0.4, -0.2) is 9.13 Å². The molecular weight excluding hydrogens is 621 g/mol. The summed E-state index contributed by atoms with van der Waals surface area (Å²) >= 11 is 0. The molecule has 11 rings (SSSR count). The zero-order valence-corrected chi connectivity index (χ0v) is 29.4. The molecule has 0 saturated carbocycles. The number of fused-ring (bicyclic) bond motifs is 12. The Morgan fingerprint density at radius 3 is 1.86 bits per heavy atom. The minimum atomic E-state index is 0.0900. The average Bonchev–Trinajstić information content (AvgIpc) is 3.79. The van der Waals surface area contributed by atoms with Gasteiger partial charge in [0.15, 0.2) is 0 Å². The molecule has 0 saturated heterocycles. The van der Waals surface area contributed by atoms with Crippen LogP contribution in [0.15, 0.2) is 138 Å². The average molecular weight is 659 g/mol. The maximum Gasteiger partial charge on any atom is 0.137 e. The van der Waals surface area contributed by atoms with E-state index in [0.29, 0.717) is 0 Å². The molecule has 0 N–H and O–H groups in total. The van der Waals surface area contributed by atoms with Gasteiger partial charge in [0, 0.05) is 49.8 Å². The number of hydrogen-bond donors (Lipinski definition) is 0. The molecule has 0 atom stereocenters. The molecule has 3 nitrogen and oxygen atoms in total. The van der Waals surface area contributed by atoms with Crippen LogP contribution in [0.3, 0.4) is 0 Å². The van der Waals surface area contributed by atoms with Crippen LogP contribution in [0.4, 0.5) is 0 Å². The molecule has 0 radical (unpaired) electrons. The van der Waals surface area contributed by atoms with E-state index in [4.69, 9.17) is 4.42 Å². The van der Waals surface area contributed by atoms with Crippen molar-refractivity contribution >= 4 is 76.3 Å². The van der Waals surface area contributed by atoms with E-state index in [0.717, 1.165) is 27.6 Å². The summed E-state index contributed by atoms with van der Waals surface area (Å²) in [7, 11) is 0. The second-order valence-electron chi connectivity index (χ2n) is 16.0. The number of furan rings is 1. The zero-order chi connectivity index (χ0) is 34.2. The Kier molecular flexibility index (Phi) is 5.64. The van der Waals surface area contributed by atoms with Crippen molar-refractivity contribution in [1.82, 2.24) is 9.13 Å². The molecule has 10 aromatic rings. The van der Waals surface area contributed by atoms with Gasteiger partial charge in [-0.3, -0.25) is 0 Å². The fourth-order valence-corrected chi connectivity index (χ4v) is 9.34. The van der Waals surface area contributed by atoms with Crippen molar-refractivity contribution in [2.75, 3.05) is 0 Å². The summed E-state index contributed by atoms with van der Waals surface area (Å²) in [6, 6.07) is 49.4. The molecule has 0 bridgehead atoms. The Balaban J connectivity index is 1.33. The first-order valence-electron chi connectivity index (χ1n) is 18.2. The van der Waals surface area contributed by atoms with Gasteiger partial charge in [0.05, 0.1) is 22.1 Å². The van der Waals surface area contributed by atoms with Crippen LogP contribution in [0.1, 0.15) is 51.7 Å². The van der Waals surface area contributed by atoms with Crippen molar-refractivity contribution in [2.24, 2.45) is 0 Å². The molecule has 0 fully saturated rings. The highest BCUT2D eigenvalue weighted by atomic mass is 16.3. The predicted octanol–water partition coefficient (Wildman–Crippen LogP) is 13.3. The fraction of sp³-hybridized carbons (Fsp3) is 0.167. The van der Waals surface area contributed by atoms with Gasteiger partial charge in [-0.25, -0.2) is 0 Å². The zero-order valence-electron chi connectivity index (χ0n) is 29.4. The summed E-state index contributed by atoms with van der Waals surface area (Å²) in [5, 5.41) is 9.96. The largest absolute Gasteiger partial charge is 0.456 e. The minimum absolute atomic E-state index is 0.0900. The lowest BCUT2D eigenvalue weighted by molar-refractivity contribution is 0.332. The fourth-order valence-electron chi connectivity index (χ4n) is 9.34. The topological polar surface area (TPSA) is 23.0 Å². The quantitative estimate of drug-likeness (QED) is 0.181. The number of aromatic nitrogens is 2. The van der Waals surface area contributed by atoms with Crippen molar-refractivity contribution in [3.63, 3.8) is 0 Å². The number of rotatable bonds is 2. The molecule has 0 amide bonds. The van der Waals surface area contributed by atoms with Gasteiger partial charge in [0.25, 0.3) is 0 Å². The van der Waals surface area contributed by atoms with Crippen molar-refractivity contribution in [2.45, 2.75) is 51.4 Å². The SMILES string of the molecule is CC1(C)CCC(C)(C)c2cc3c(cc21)c1cc2c(cc1n3-c1ccc3c(c1)oc1ccccc13)c1c3ccccc3ccc1n2-c1ccccc1. The van der Waals surface area contributed by atoms with Crippen LogP contribution in [0.25, 0.3) is 87.7 Å². The molecule has 1 aliphatic rings. The Bertz CT molecular complexity index is 3080. The summed E-state index contributed by atoms with van der Waals surface area (Å²) in [6.45, 7) is 9.71. The van der Waals surface area contributed by atoms with Gasteiger partial charge in [-0.05, 0) is 106 Å². The minimum Gasteiger partial charge on any atom is -0.456 e. The van der Waals surface area contributed by atoms with Gasteiger partial charge < -0.3 is 13.6 Å². The van der Waals surface area contributed by atoms with Crippen molar-refractivity contribution in [3.8, 4) is 11.4 Å². The molecule has 51 heavy (non-hydrogen) atoms. The van der Waals surface area contributed by atoms with Crippen molar-refractivity contribution < 1.29 is 4.42 Å². The molecule has 3 heterocycles. The lowest BCUT2D eigenvalue weighted by Crippen LogP contribution is -2.33. The van der Waals surface area contributed by atoms with Crippen LogP contribution in [0.5, 0.6) is 0 Å². The van der Waals surface area contributed by atoms with E-state index in [1.165, 1.54) is 84.0 Å². The molecule has 0 unspecified atom stereocenters. The maximum atomic E-state index is 6.48. The maximum absolute atomic E-state index is 6.48. The van der Waals surface area contributed by atoms with Crippen molar-refractivity contribution in [1.29, 1.82) is 0 Å². The molecular formula is C48H38N2O. The molecule has 246 valence electrons. The molecule has 3 heteroatoms. The van der Waals surface area contributed by atoms with E-state index in [9.17, 15) is 0 Å². The van der Waals surface area contributed by atoms with Gasteiger partial charge in [-0.2, -0.15) is 0 Å². The number of hydrogen-bond acceptors (Lipinski definition) is 1. The van der Waals surface area contributed by atoms with E-state index in [2.05, 4.69) is 164 Å². The highest BCUT2D eigenvalue weighted by Gasteiger charge is 2.38. The molecule has 7 aromatic carbocycles. The van der Waals surface area contributed by atoms with Gasteiger partial charge >= 0.3 is 0 Å². The van der Waals surface area contributed by atoms with E-state index < -0.39 is 0 Å². The van der Waals surface area contributed by atoms with Gasteiger partial charge in [0.1, 0.15) is 11.2 Å². The first-order valence-corrected chi connectivity index (χ1v) is 18.2. The van der Waals surface area contributed by atoms with Crippen LogP contribution in [0, 0.1) is 0 Å². The summed E-state index contributed by atoms with van der Waals surface area (Å²) in [6.07, 6.45) is 2.35. The lowest BCUT2D eigenvalue weighted by Gasteiger charge is -2.42. The standard InChI is InChI=1S/C48H38N2O/c1-47(2)22-23-48(3,4)39-28-43-35(25-38(39)47)36-26-42-37(27-41(36)50(43)31-19-20-34-33-16-10-11-17-44(33)51-45(34)24-31)46-32-15-9-8-12-29(32)18-21-40(46)49(42)30-13-6-5-7-14-30/h5-21,24-28H,22-23H2,1-4H3. The normalized spacial score (nSPS) is 15.6. The second kappa shape index (κ2) is 9.92. The van der Waals surface area contributed by atoms with E-state index in [1.54, 1.807) is 0 Å². The third-order valence-electron chi connectivity index (χ3n) is 12.1. The predicted molar refractivity (Wildman–Crippen MR) is 215 cm³/mol. The smallest absolute Gasteiger partial charge is 0.137 e. The molecule has 0 spiro atoms. The summed E-state index contributed by atoms with van der Waals surface area (Å²) in [4.78, 5) is 0. The molecule has 3 aromatic heterocycles. The first-order chi connectivity index (χ1) is 24.8. The lowest BCUT2D eigenvalue weighted by atomic mass is 9.63. The van der Waals surface area contributed by atoms with Crippen molar-refractivity contribution in [3.05, 3.63) is 145 Å². The Labute approximate surface area is 296 Å². The van der Waals surface area contributed by atoms with Crippen LogP contribution >= 0.6 is 0 Å². The summed E-state index contributed by atoms with van der Waals surface area (Å²) in [5.74, 6) is 0. The monoisotopic (exact) mass is 658 g/mol. The van der Waals surface area contributed by atoms with Gasteiger partial charge in [-0.1, -0.05) is 94.4 Å². The van der Waals surface area contributed by atoms with Crippen LogP contribution in [0.2, 0.25) is 0 Å². The molecule has 0 aliphatic heterocycles. The second-order valence-corrected chi connectivity index (χ2v) is 16.0. The van der Waals surface area contributed by atoms with E-state index in [-0.39, 0.29) is 10.8 Å². The third kappa shape index (κ3) is 3.95. The summed E-state index contributed by atoms with van der Waals surface area (Å²) in [5.41, 5.74) is 12.2. The number of benzene rings is 7. The Morgan fingerprint density at radius 2 is 1.04 bits per heavy atom. The molecule has 1 aliphatic carbocycles. The Morgan fingerprint density at radius 1 is 0.431 bits per heavy atom. The highest BCUT2D eigenvalue weighted by Crippen LogP contribution is 2.49.